The highest BCUT2D eigenvalue weighted by Crippen LogP contribution is 2.23. The van der Waals surface area contributed by atoms with Gasteiger partial charge in [-0.25, -0.2) is 9.48 Å². The number of rotatable bonds is 3. The average molecular weight is 281 g/mol. The summed E-state index contributed by atoms with van der Waals surface area (Å²) in [4.78, 5) is 11.9. The zero-order valence-corrected chi connectivity index (χ0v) is 11.8. The summed E-state index contributed by atoms with van der Waals surface area (Å²) in [6.07, 6.45) is 0. The van der Waals surface area contributed by atoms with Gasteiger partial charge in [0, 0.05) is 18.1 Å². The quantitative estimate of drug-likeness (QED) is 0.750. The molecule has 0 fully saturated rings. The Kier molecular flexibility index (Phi) is 3.31. The van der Waals surface area contributed by atoms with Crippen LogP contribution in [-0.4, -0.2) is 29.9 Å². The molecule has 5 heteroatoms. The first-order valence-corrected chi connectivity index (χ1v) is 6.59. The van der Waals surface area contributed by atoms with Crippen molar-refractivity contribution in [3.63, 3.8) is 0 Å². The maximum atomic E-state index is 11.9. The Hall–Kier alpha value is -2.82. The lowest BCUT2D eigenvalue weighted by molar-refractivity contribution is 0.0595. The molecule has 1 N–H and O–H groups in total. The zero-order chi connectivity index (χ0) is 14.8. The number of para-hydroxylation sites is 1. The van der Waals surface area contributed by atoms with Crippen LogP contribution in [0, 0.1) is 0 Å². The number of benzene rings is 2. The van der Waals surface area contributed by atoms with Crippen LogP contribution in [0.3, 0.4) is 0 Å². The fourth-order valence-electron chi connectivity index (χ4n) is 2.28. The van der Waals surface area contributed by atoms with Crippen molar-refractivity contribution in [3.05, 3.63) is 54.2 Å². The molecule has 0 bridgehead atoms. The first kappa shape index (κ1) is 13.2. The molecule has 5 nitrogen and oxygen atoms in total. The molecule has 0 radical (unpaired) electrons. The molecule has 2 aromatic carbocycles. The lowest BCUT2D eigenvalue weighted by Crippen LogP contribution is -2.04. The molecule has 1 aromatic heterocycles. The first-order valence-electron chi connectivity index (χ1n) is 6.59. The molecule has 0 aliphatic carbocycles. The lowest BCUT2D eigenvalue weighted by atomic mass is 10.2. The van der Waals surface area contributed by atoms with Crippen LogP contribution >= 0.6 is 0 Å². The third kappa shape index (κ3) is 2.23. The summed E-state index contributed by atoms with van der Waals surface area (Å²) in [6.45, 7) is 0. The van der Waals surface area contributed by atoms with E-state index in [0.29, 0.717) is 5.69 Å². The second-order valence-corrected chi connectivity index (χ2v) is 4.57. The fraction of sp³-hybridized carbons (Fsp3) is 0.125. The predicted octanol–water partition coefficient (Wildman–Crippen LogP) is 2.85. The van der Waals surface area contributed by atoms with Crippen molar-refractivity contribution in [2.75, 3.05) is 19.5 Å². The number of methoxy groups -OCH3 is 1. The molecule has 0 amide bonds. The van der Waals surface area contributed by atoms with Gasteiger partial charge < -0.3 is 10.1 Å². The smallest absolute Gasteiger partial charge is 0.359 e. The predicted molar refractivity (Wildman–Crippen MR) is 82.0 cm³/mol. The summed E-state index contributed by atoms with van der Waals surface area (Å²) >= 11 is 0. The summed E-state index contributed by atoms with van der Waals surface area (Å²) in [6, 6.07) is 15.4. The Morgan fingerprint density at radius 3 is 2.52 bits per heavy atom. The minimum Gasteiger partial charge on any atom is -0.464 e. The third-order valence-electron chi connectivity index (χ3n) is 3.37. The molecular formula is C16H15N3O2. The van der Waals surface area contributed by atoms with Crippen molar-refractivity contribution in [1.82, 2.24) is 9.78 Å². The minimum atomic E-state index is -0.434. The van der Waals surface area contributed by atoms with Gasteiger partial charge >= 0.3 is 5.97 Å². The summed E-state index contributed by atoms with van der Waals surface area (Å²) in [7, 11) is 3.23. The number of fused-ring (bicyclic) bond motifs is 1. The van der Waals surface area contributed by atoms with Crippen LogP contribution in [0.15, 0.2) is 48.5 Å². The van der Waals surface area contributed by atoms with Crippen molar-refractivity contribution >= 4 is 22.6 Å². The van der Waals surface area contributed by atoms with E-state index in [0.717, 1.165) is 22.3 Å². The molecule has 106 valence electrons. The van der Waals surface area contributed by atoms with Gasteiger partial charge in [-0.05, 0) is 30.3 Å². The number of esters is 1. The molecule has 0 aliphatic rings. The molecule has 1 heterocycles. The summed E-state index contributed by atoms with van der Waals surface area (Å²) in [5.74, 6) is -0.434. The number of hydrogen-bond acceptors (Lipinski definition) is 4. The number of carbonyl (C=O) groups is 1. The zero-order valence-electron chi connectivity index (χ0n) is 11.8. The topological polar surface area (TPSA) is 56.2 Å². The van der Waals surface area contributed by atoms with Gasteiger partial charge in [0.2, 0.25) is 0 Å². The van der Waals surface area contributed by atoms with Gasteiger partial charge in [-0.1, -0.05) is 18.2 Å². The number of carbonyl (C=O) groups excluding carboxylic acids is 1. The van der Waals surface area contributed by atoms with E-state index in [1.54, 1.807) is 4.68 Å². The molecular weight excluding hydrogens is 266 g/mol. The van der Waals surface area contributed by atoms with Crippen molar-refractivity contribution in [2.24, 2.45) is 0 Å². The highest BCUT2D eigenvalue weighted by molar-refractivity contribution is 6.02. The van der Waals surface area contributed by atoms with Crippen LogP contribution in [0.25, 0.3) is 16.6 Å². The van der Waals surface area contributed by atoms with Crippen molar-refractivity contribution in [2.45, 2.75) is 0 Å². The van der Waals surface area contributed by atoms with E-state index in [1.165, 1.54) is 7.11 Å². The van der Waals surface area contributed by atoms with Crippen LogP contribution in [0.4, 0.5) is 5.69 Å². The second kappa shape index (κ2) is 5.28. The van der Waals surface area contributed by atoms with Gasteiger partial charge in [0.05, 0.1) is 18.3 Å². The Morgan fingerprint density at radius 2 is 1.86 bits per heavy atom. The molecule has 3 rings (SSSR count). The lowest BCUT2D eigenvalue weighted by Gasteiger charge is -2.05. The van der Waals surface area contributed by atoms with Crippen molar-refractivity contribution < 1.29 is 9.53 Å². The van der Waals surface area contributed by atoms with Gasteiger partial charge in [0.1, 0.15) is 0 Å². The number of aromatic nitrogens is 2. The van der Waals surface area contributed by atoms with E-state index >= 15 is 0 Å². The van der Waals surface area contributed by atoms with E-state index in [2.05, 4.69) is 10.4 Å². The van der Waals surface area contributed by atoms with Crippen LogP contribution in [0.5, 0.6) is 0 Å². The van der Waals surface area contributed by atoms with Crippen LogP contribution in [0.1, 0.15) is 10.5 Å². The standard InChI is InChI=1S/C16H15N3O2/c1-17-11-7-9-12(10-8-11)19-14-6-4-3-5-13(14)15(18-19)16(20)21-2/h3-10,17H,1-2H3. The van der Waals surface area contributed by atoms with Crippen LogP contribution < -0.4 is 5.32 Å². The average Bonchev–Trinajstić information content (AvgIpc) is 2.94. The summed E-state index contributed by atoms with van der Waals surface area (Å²) in [5.41, 5.74) is 3.10. The molecule has 0 spiro atoms. The Balaban J connectivity index is 2.20. The number of ether oxygens (including phenoxy) is 1. The van der Waals surface area contributed by atoms with E-state index in [1.807, 2.05) is 55.6 Å². The number of hydrogen-bond donors (Lipinski definition) is 1. The normalized spacial score (nSPS) is 10.6. The van der Waals surface area contributed by atoms with Gasteiger partial charge in [0.15, 0.2) is 5.69 Å². The van der Waals surface area contributed by atoms with Gasteiger partial charge in [-0.3, -0.25) is 0 Å². The van der Waals surface area contributed by atoms with Crippen molar-refractivity contribution in [1.29, 1.82) is 0 Å². The highest BCUT2D eigenvalue weighted by atomic mass is 16.5. The van der Waals surface area contributed by atoms with E-state index in [4.69, 9.17) is 4.74 Å². The number of anilines is 1. The first-order chi connectivity index (χ1) is 10.2. The molecule has 21 heavy (non-hydrogen) atoms. The van der Waals surface area contributed by atoms with E-state index in [-0.39, 0.29) is 0 Å². The van der Waals surface area contributed by atoms with Crippen LogP contribution in [0.2, 0.25) is 0 Å². The van der Waals surface area contributed by atoms with E-state index in [9.17, 15) is 4.79 Å². The monoisotopic (exact) mass is 281 g/mol. The van der Waals surface area contributed by atoms with Gasteiger partial charge in [-0.15, -0.1) is 0 Å². The molecule has 3 aromatic rings. The SMILES string of the molecule is CNc1ccc(-n2nc(C(=O)OC)c3ccccc32)cc1. The van der Waals surface area contributed by atoms with Gasteiger partial charge in [-0.2, -0.15) is 5.10 Å². The molecule has 0 aliphatic heterocycles. The number of nitrogens with one attached hydrogen (secondary N) is 1. The Morgan fingerprint density at radius 1 is 1.14 bits per heavy atom. The molecule has 0 unspecified atom stereocenters. The largest absolute Gasteiger partial charge is 0.464 e. The third-order valence-corrected chi connectivity index (χ3v) is 3.37. The van der Waals surface area contributed by atoms with Crippen LogP contribution in [-0.2, 0) is 4.74 Å². The van der Waals surface area contributed by atoms with Gasteiger partial charge in [0.25, 0.3) is 0 Å². The highest BCUT2D eigenvalue weighted by Gasteiger charge is 2.17. The molecule has 0 atom stereocenters. The second-order valence-electron chi connectivity index (χ2n) is 4.57. The summed E-state index contributed by atoms with van der Waals surface area (Å²) < 4.78 is 6.56. The Labute approximate surface area is 122 Å². The molecule has 0 saturated carbocycles. The fourth-order valence-corrected chi connectivity index (χ4v) is 2.28. The van der Waals surface area contributed by atoms with Crippen molar-refractivity contribution in [3.8, 4) is 5.69 Å². The van der Waals surface area contributed by atoms with E-state index < -0.39 is 5.97 Å². The minimum absolute atomic E-state index is 0.325. The maximum absolute atomic E-state index is 11.9. The Bertz CT molecular complexity index is 791. The summed E-state index contributed by atoms with van der Waals surface area (Å²) in [5, 5.41) is 8.26. The molecule has 0 saturated heterocycles. The number of nitrogens with zero attached hydrogens (tertiary/aromatic N) is 2. The maximum Gasteiger partial charge on any atom is 0.359 e.